The first-order chi connectivity index (χ1) is 7.64. The van der Waals surface area contributed by atoms with E-state index in [9.17, 15) is 4.79 Å². The second-order valence-corrected chi connectivity index (χ2v) is 4.63. The van der Waals surface area contributed by atoms with E-state index in [1.165, 1.54) is 0 Å². The number of aliphatic carboxylic acids is 1. The van der Waals surface area contributed by atoms with Gasteiger partial charge in [0, 0.05) is 12.1 Å². The molecular weight excluding hydrogens is 226 g/mol. The normalized spacial score (nSPS) is 19.1. The molecule has 3 nitrogen and oxygen atoms in total. The minimum absolute atomic E-state index is 0.400. The second-order valence-electron chi connectivity index (χ2n) is 4.20. The zero-order chi connectivity index (χ0) is 11.6. The second kappa shape index (κ2) is 4.44. The predicted molar refractivity (Wildman–Crippen MR) is 62.5 cm³/mol. The first-order valence-corrected chi connectivity index (χ1v) is 5.73. The summed E-state index contributed by atoms with van der Waals surface area (Å²) in [5.41, 5.74) is 0.742. The topological polar surface area (TPSA) is 49.3 Å². The molecule has 2 N–H and O–H groups in total. The molecule has 0 amide bonds. The summed E-state index contributed by atoms with van der Waals surface area (Å²) >= 11 is 5.87. The fourth-order valence-electron chi connectivity index (χ4n) is 1.76. The van der Waals surface area contributed by atoms with Gasteiger partial charge in [-0.05, 0) is 18.4 Å². The molecule has 1 atom stereocenters. The third-order valence-corrected chi connectivity index (χ3v) is 3.58. The van der Waals surface area contributed by atoms with Crippen LogP contribution in [0.2, 0.25) is 0 Å². The molecule has 0 aromatic heterocycles. The lowest BCUT2D eigenvalue weighted by Crippen LogP contribution is -2.43. The maximum absolute atomic E-state index is 10.8. The van der Waals surface area contributed by atoms with Crippen molar-refractivity contribution in [1.82, 2.24) is 5.32 Å². The molecule has 1 aliphatic carbocycles. The molecule has 4 heteroatoms. The Balaban J connectivity index is 1.93. The highest BCUT2D eigenvalue weighted by atomic mass is 35.5. The number of hydrogen-bond donors (Lipinski definition) is 2. The lowest BCUT2D eigenvalue weighted by molar-refractivity contribution is -0.137. The van der Waals surface area contributed by atoms with Gasteiger partial charge in [0.05, 0.1) is 0 Å². The van der Waals surface area contributed by atoms with Crippen molar-refractivity contribution in [2.45, 2.75) is 30.3 Å². The zero-order valence-electron chi connectivity index (χ0n) is 8.82. The summed E-state index contributed by atoms with van der Waals surface area (Å²) in [7, 11) is 0. The molecule has 1 fully saturated rings. The van der Waals surface area contributed by atoms with Gasteiger partial charge in [-0.1, -0.05) is 30.3 Å². The van der Waals surface area contributed by atoms with Gasteiger partial charge in [0.1, 0.15) is 5.38 Å². The van der Waals surface area contributed by atoms with Gasteiger partial charge in [-0.25, -0.2) is 0 Å². The fraction of sp³-hybridized carbons (Fsp3) is 0.417. The van der Waals surface area contributed by atoms with Crippen LogP contribution < -0.4 is 5.32 Å². The largest absolute Gasteiger partial charge is 0.480 e. The minimum Gasteiger partial charge on any atom is -0.480 e. The van der Waals surface area contributed by atoms with Crippen molar-refractivity contribution in [1.29, 1.82) is 0 Å². The highest BCUT2D eigenvalue weighted by Crippen LogP contribution is 2.41. The molecular formula is C12H14ClNO2. The van der Waals surface area contributed by atoms with Crippen LogP contribution in [0.5, 0.6) is 0 Å². The molecule has 0 aliphatic heterocycles. The number of nitrogens with one attached hydrogen (secondary N) is 1. The molecule has 2 rings (SSSR count). The van der Waals surface area contributed by atoms with E-state index >= 15 is 0 Å². The maximum atomic E-state index is 10.8. The number of hydrogen-bond acceptors (Lipinski definition) is 2. The average molecular weight is 240 g/mol. The number of rotatable bonds is 5. The summed E-state index contributed by atoms with van der Waals surface area (Å²) in [6.07, 6.45) is 1.67. The Bertz CT molecular complexity index is 376. The van der Waals surface area contributed by atoms with E-state index in [2.05, 4.69) is 5.32 Å². The molecule has 0 bridgehead atoms. The number of alkyl halides is 1. The van der Waals surface area contributed by atoms with Crippen LogP contribution >= 0.6 is 11.6 Å². The lowest BCUT2D eigenvalue weighted by atomic mass is 10.1. The van der Waals surface area contributed by atoms with Crippen molar-refractivity contribution in [2.24, 2.45) is 0 Å². The Morgan fingerprint density at radius 3 is 2.56 bits per heavy atom. The van der Waals surface area contributed by atoms with E-state index in [1.807, 2.05) is 30.3 Å². The Labute approximate surface area is 99.4 Å². The minimum atomic E-state index is -0.945. The van der Waals surface area contributed by atoms with Gasteiger partial charge in [-0.2, -0.15) is 0 Å². The third kappa shape index (κ3) is 2.36. The summed E-state index contributed by atoms with van der Waals surface area (Å²) < 4.78 is 0. The Kier molecular flexibility index (Phi) is 3.17. The molecule has 0 saturated heterocycles. The maximum Gasteiger partial charge on any atom is 0.323 e. The monoisotopic (exact) mass is 239 g/mol. The molecule has 0 heterocycles. The van der Waals surface area contributed by atoms with Crippen molar-refractivity contribution in [2.75, 3.05) is 0 Å². The highest BCUT2D eigenvalue weighted by molar-refractivity contribution is 6.31. The Hall–Kier alpha value is -1.06. The van der Waals surface area contributed by atoms with Crippen molar-refractivity contribution in [3.05, 3.63) is 35.9 Å². The number of carboxylic acid groups (broad SMARTS) is 1. The number of carboxylic acids is 1. The van der Waals surface area contributed by atoms with Gasteiger partial charge in [0.25, 0.3) is 0 Å². The zero-order valence-corrected chi connectivity index (χ0v) is 9.57. The van der Waals surface area contributed by atoms with Crippen LogP contribution in [0.1, 0.15) is 18.4 Å². The van der Waals surface area contributed by atoms with Crippen molar-refractivity contribution in [3.8, 4) is 0 Å². The van der Waals surface area contributed by atoms with E-state index in [1.54, 1.807) is 0 Å². The fourth-order valence-corrected chi connectivity index (χ4v) is 2.06. The third-order valence-electron chi connectivity index (χ3n) is 2.98. The van der Waals surface area contributed by atoms with E-state index < -0.39 is 16.9 Å². The highest BCUT2D eigenvalue weighted by Gasteiger charge is 2.51. The predicted octanol–water partition coefficient (Wildman–Crippen LogP) is 2.00. The average Bonchev–Trinajstić information content (AvgIpc) is 3.08. The van der Waals surface area contributed by atoms with Gasteiger partial charge in [0.15, 0.2) is 0 Å². The molecule has 0 spiro atoms. The summed E-state index contributed by atoms with van der Waals surface area (Å²) in [5.74, 6) is -0.945. The van der Waals surface area contributed by atoms with E-state index in [0.717, 1.165) is 18.4 Å². The lowest BCUT2D eigenvalue weighted by Gasteiger charge is -2.19. The molecule has 0 radical (unpaired) electrons. The number of carbonyl (C=O) groups is 1. The molecule has 1 saturated carbocycles. The van der Waals surface area contributed by atoms with Crippen LogP contribution in [0.25, 0.3) is 0 Å². The van der Waals surface area contributed by atoms with Crippen LogP contribution in [0, 0.1) is 0 Å². The van der Waals surface area contributed by atoms with Crippen LogP contribution in [0.3, 0.4) is 0 Å². The van der Waals surface area contributed by atoms with Gasteiger partial charge < -0.3 is 10.4 Å². The summed E-state index contributed by atoms with van der Waals surface area (Å²) in [6.45, 7) is 0.664. The van der Waals surface area contributed by atoms with Gasteiger partial charge in [-0.15, -0.1) is 11.6 Å². The van der Waals surface area contributed by atoms with Crippen LogP contribution in [-0.2, 0) is 11.3 Å². The van der Waals surface area contributed by atoms with Crippen molar-refractivity contribution < 1.29 is 9.90 Å². The molecule has 16 heavy (non-hydrogen) atoms. The first-order valence-electron chi connectivity index (χ1n) is 5.30. The summed E-state index contributed by atoms with van der Waals surface area (Å²) in [6, 6.07) is 9.90. The van der Waals surface area contributed by atoms with Gasteiger partial charge >= 0.3 is 5.97 Å². The van der Waals surface area contributed by atoms with E-state index in [0.29, 0.717) is 6.54 Å². The Morgan fingerprint density at radius 1 is 1.44 bits per heavy atom. The van der Waals surface area contributed by atoms with Crippen LogP contribution in [-0.4, -0.2) is 22.0 Å². The van der Waals surface area contributed by atoms with E-state index in [4.69, 9.17) is 16.7 Å². The smallest absolute Gasteiger partial charge is 0.323 e. The van der Waals surface area contributed by atoms with Gasteiger partial charge in [0.2, 0.25) is 0 Å². The molecule has 1 aliphatic rings. The molecule has 1 aromatic rings. The first kappa shape index (κ1) is 11.4. The number of benzene rings is 1. The Morgan fingerprint density at radius 2 is 2.06 bits per heavy atom. The number of halogens is 1. The summed E-state index contributed by atoms with van der Waals surface area (Å²) in [4.78, 5) is 10.8. The van der Waals surface area contributed by atoms with Crippen molar-refractivity contribution >= 4 is 17.6 Å². The van der Waals surface area contributed by atoms with Crippen LogP contribution in [0.15, 0.2) is 30.3 Å². The molecule has 1 unspecified atom stereocenters. The van der Waals surface area contributed by atoms with E-state index in [-0.39, 0.29) is 0 Å². The standard InChI is InChI=1S/C12H14ClNO2/c13-10(11(15)16)12(6-7-12)14-8-9-4-2-1-3-5-9/h1-5,10,14H,6-8H2,(H,15,16). The molecule has 1 aromatic carbocycles. The van der Waals surface area contributed by atoms with Crippen LogP contribution in [0.4, 0.5) is 0 Å². The summed E-state index contributed by atoms with van der Waals surface area (Å²) in [5, 5.41) is 11.3. The van der Waals surface area contributed by atoms with Gasteiger partial charge in [-0.3, -0.25) is 4.79 Å². The molecule has 86 valence electrons. The van der Waals surface area contributed by atoms with Crippen molar-refractivity contribution in [3.63, 3.8) is 0 Å². The quantitative estimate of drug-likeness (QED) is 0.773. The SMILES string of the molecule is O=C(O)C(Cl)C1(NCc2ccccc2)CC1.